The van der Waals surface area contributed by atoms with E-state index < -0.39 is 0 Å². The summed E-state index contributed by atoms with van der Waals surface area (Å²) in [6.45, 7) is 6.37. The summed E-state index contributed by atoms with van der Waals surface area (Å²) in [6.07, 6.45) is 3.67. The van der Waals surface area contributed by atoms with E-state index >= 15 is 0 Å². The number of nitrogens with one attached hydrogen (secondary N) is 3. The number of ether oxygens (including phenoxy) is 1. The summed E-state index contributed by atoms with van der Waals surface area (Å²) in [5.41, 5.74) is 1.27. The number of hydrogen-bond donors (Lipinski definition) is 3. The standard InChI is InChI=1S/C14H23N3O3/c1-3-20-13(18)11-8-15-14(19)16-12(11)9-17-7-5-4-6-10(17)2/h10H,3-9H2,1-2H3,(H2,15,16,19)/p+1/t10-/m1/s1. The van der Waals surface area contributed by atoms with E-state index in [9.17, 15) is 9.59 Å². The Labute approximate surface area is 119 Å². The van der Waals surface area contributed by atoms with Gasteiger partial charge in [-0.3, -0.25) is 0 Å². The second kappa shape index (κ2) is 6.74. The van der Waals surface area contributed by atoms with Gasteiger partial charge in [0.1, 0.15) is 6.54 Å². The molecular weight excluding hydrogens is 258 g/mol. The molecular formula is C14H24N3O3+. The van der Waals surface area contributed by atoms with Gasteiger partial charge < -0.3 is 20.3 Å². The van der Waals surface area contributed by atoms with Crippen molar-refractivity contribution in [3.63, 3.8) is 0 Å². The van der Waals surface area contributed by atoms with Crippen molar-refractivity contribution in [3.05, 3.63) is 11.3 Å². The zero-order valence-electron chi connectivity index (χ0n) is 12.3. The lowest BCUT2D eigenvalue weighted by Crippen LogP contribution is -3.16. The highest BCUT2D eigenvalue weighted by Crippen LogP contribution is 2.08. The van der Waals surface area contributed by atoms with Crippen LogP contribution in [0.1, 0.15) is 33.1 Å². The molecule has 0 spiro atoms. The first-order valence-corrected chi connectivity index (χ1v) is 7.40. The Morgan fingerprint density at radius 2 is 2.25 bits per heavy atom. The monoisotopic (exact) mass is 282 g/mol. The summed E-state index contributed by atoms with van der Waals surface area (Å²) < 4.78 is 5.07. The van der Waals surface area contributed by atoms with Crippen LogP contribution < -0.4 is 15.5 Å². The van der Waals surface area contributed by atoms with Crippen molar-refractivity contribution in [2.75, 3.05) is 26.2 Å². The average molecular weight is 282 g/mol. The molecule has 2 heterocycles. The lowest BCUT2D eigenvalue weighted by molar-refractivity contribution is -0.924. The molecule has 0 aromatic rings. The van der Waals surface area contributed by atoms with Gasteiger partial charge in [0.15, 0.2) is 0 Å². The fraction of sp³-hybridized carbons (Fsp3) is 0.714. The Morgan fingerprint density at radius 1 is 1.45 bits per heavy atom. The molecule has 20 heavy (non-hydrogen) atoms. The summed E-state index contributed by atoms with van der Waals surface area (Å²) in [4.78, 5) is 24.9. The smallest absolute Gasteiger partial charge is 0.337 e. The van der Waals surface area contributed by atoms with Crippen LogP contribution in [0.15, 0.2) is 11.3 Å². The molecule has 0 aliphatic carbocycles. The normalized spacial score (nSPS) is 26.8. The van der Waals surface area contributed by atoms with Crippen LogP contribution in [0.2, 0.25) is 0 Å². The van der Waals surface area contributed by atoms with Gasteiger partial charge in [0, 0.05) is 0 Å². The number of piperidine rings is 1. The molecule has 0 radical (unpaired) electrons. The van der Waals surface area contributed by atoms with Crippen LogP contribution in [-0.2, 0) is 9.53 Å². The Hall–Kier alpha value is -1.56. The number of carbonyl (C=O) groups is 2. The van der Waals surface area contributed by atoms with Crippen molar-refractivity contribution < 1.29 is 19.2 Å². The van der Waals surface area contributed by atoms with Gasteiger partial charge in [-0.05, 0) is 33.1 Å². The fourth-order valence-corrected chi connectivity index (χ4v) is 2.84. The van der Waals surface area contributed by atoms with Crippen molar-refractivity contribution >= 4 is 12.0 Å². The molecule has 2 aliphatic rings. The van der Waals surface area contributed by atoms with Crippen LogP contribution in [-0.4, -0.2) is 44.3 Å². The van der Waals surface area contributed by atoms with Crippen molar-refractivity contribution in [3.8, 4) is 0 Å². The number of carbonyl (C=O) groups excluding carboxylic acids is 2. The van der Waals surface area contributed by atoms with Gasteiger partial charge in [-0.1, -0.05) is 0 Å². The lowest BCUT2D eigenvalue weighted by atomic mass is 10.0. The van der Waals surface area contributed by atoms with E-state index in [0.717, 1.165) is 12.2 Å². The number of esters is 1. The molecule has 6 nitrogen and oxygen atoms in total. The molecule has 2 amide bonds. The van der Waals surface area contributed by atoms with E-state index in [1.807, 2.05) is 0 Å². The van der Waals surface area contributed by atoms with Gasteiger partial charge in [0.2, 0.25) is 0 Å². The van der Waals surface area contributed by atoms with Crippen molar-refractivity contribution in [1.82, 2.24) is 10.6 Å². The molecule has 112 valence electrons. The first-order valence-electron chi connectivity index (χ1n) is 7.40. The molecule has 0 aromatic carbocycles. The van der Waals surface area contributed by atoms with E-state index in [0.29, 0.717) is 24.8 Å². The molecule has 2 rings (SSSR count). The quantitative estimate of drug-likeness (QED) is 0.613. The van der Waals surface area contributed by atoms with Crippen LogP contribution >= 0.6 is 0 Å². The predicted octanol–water partition coefficient (Wildman–Crippen LogP) is -0.426. The molecule has 0 bridgehead atoms. The summed E-state index contributed by atoms with van der Waals surface area (Å²) in [6, 6.07) is 0.323. The Bertz CT molecular complexity index is 420. The average Bonchev–Trinajstić information content (AvgIpc) is 2.42. The maximum atomic E-state index is 12.0. The maximum absolute atomic E-state index is 12.0. The third-order valence-corrected chi connectivity index (χ3v) is 4.06. The third kappa shape index (κ3) is 3.50. The maximum Gasteiger partial charge on any atom is 0.337 e. The predicted molar refractivity (Wildman–Crippen MR) is 74.2 cm³/mol. The third-order valence-electron chi connectivity index (χ3n) is 4.06. The van der Waals surface area contributed by atoms with Gasteiger partial charge in [-0.15, -0.1) is 0 Å². The van der Waals surface area contributed by atoms with Crippen LogP contribution in [0.4, 0.5) is 4.79 Å². The Balaban J connectivity index is 2.13. The van der Waals surface area contributed by atoms with Crippen LogP contribution in [0, 0.1) is 0 Å². The minimum Gasteiger partial charge on any atom is -0.463 e. The van der Waals surface area contributed by atoms with Gasteiger partial charge in [0.25, 0.3) is 0 Å². The second-order valence-electron chi connectivity index (χ2n) is 5.47. The van der Waals surface area contributed by atoms with Crippen molar-refractivity contribution in [2.24, 2.45) is 0 Å². The molecule has 1 unspecified atom stereocenters. The van der Waals surface area contributed by atoms with Crippen LogP contribution in [0.3, 0.4) is 0 Å². The zero-order valence-corrected chi connectivity index (χ0v) is 12.3. The van der Waals surface area contributed by atoms with Crippen LogP contribution in [0.5, 0.6) is 0 Å². The Kier molecular flexibility index (Phi) is 5.00. The van der Waals surface area contributed by atoms with E-state index in [4.69, 9.17) is 4.74 Å². The largest absolute Gasteiger partial charge is 0.463 e. The summed E-state index contributed by atoms with van der Waals surface area (Å²) in [5.74, 6) is -0.334. The van der Waals surface area contributed by atoms with E-state index in [1.165, 1.54) is 24.2 Å². The number of rotatable bonds is 4. The molecule has 0 aromatic heterocycles. The van der Waals surface area contributed by atoms with E-state index in [2.05, 4.69) is 17.6 Å². The number of hydrogen-bond acceptors (Lipinski definition) is 3. The highest BCUT2D eigenvalue weighted by Gasteiger charge is 2.29. The molecule has 3 N–H and O–H groups in total. The molecule has 1 saturated heterocycles. The molecule has 2 atom stereocenters. The highest BCUT2D eigenvalue weighted by molar-refractivity contribution is 5.93. The minimum absolute atomic E-state index is 0.239. The SMILES string of the molecule is CCOC(=O)C1=C(C[NH+]2CCCC[C@H]2C)NC(=O)NC1. The number of urea groups is 1. The molecule has 0 saturated carbocycles. The second-order valence-corrected chi connectivity index (χ2v) is 5.47. The summed E-state index contributed by atoms with van der Waals surface area (Å²) in [7, 11) is 0. The minimum atomic E-state index is -0.334. The number of amides is 2. The number of quaternary nitrogens is 1. The van der Waals surface area contributed by atoms with Gasteiger partial charge in [-0.2, -0.15) is 0 Å². The Morgan fingerprint density at radius 3 is 2.95 bits per heavy atom. The van der Waals surface area contributed by atoms with E-state index in [1.54, 1.807) is 6.92 Å². The first kappa shape index (κ1) is 14.8. The topological polar surface area (TPSA) is 71.9 Å². The molecule has 6 heteroatoms. The number of likely N-dealkylation sites (tertiary alicyclic amines) is 1. The highest BCUT2D eigenvalue weighted by atomic mass is 16.5. The fourth-order valence-electron chi connectivity index (χ4n) is 2.84. The van der Waals surface area contributed by atoms with Gasteiger partial charge >= 0.3 is 12.0 Å². The van der Waals surface area contributed by atoms with Gasteiger partial charge in [0.05, 0.1) is 37.0 Å². The summed E-state index contributed by atoms with van der Waals surface area (Å²) in [5, 5.41) is 5.41. The van der Waals surface area contributed by atoms with Crippen LogP contribution in [0.25, 0.3) is 0 Å². The van der Waals surface area contributed by atoms with E-state index in [-0.39, 0.29) is 18.5 Å². The lowest BCUT2D eigenvalue weighted by Gasteiger charge is -2.32. The first-order chi connectivity index (χ1) is 9.61. The van der Waals surface area contributed by atoms with Crippen molar-refractivity contribution in [2.45, 2.75) is 39.2 Å². The molecule has 2 aliphatic heterocycles. The molecule has 1 fully saturated rings. The van der Waals surface area contributed by atoms with Crippen molar-refractivity contribution in [1.29, 1.82) is 0 Å². The summed E-state index contributed by atoms with van der Waals surface area (Å²) >= 11 is 0. The van der Waals surface area contributed by atoms with Gasteiger partial charge in [-0.25, -0.2) is 9.59 Å². The zero-order chi connectivity index (χ0) is 14.5.